The van der Waals surface area contributed by atoms with Crippen molar-refractivity contribution in [3.63, 3.8) is 0 Å². The number of hydrogen-bond donors (Lipinski definition) is 3. The third-order valence-electron chi connectivity index (χ3n) is 2.79. The van der Waals surface area contributed by atoms with E-state index in [0.717, 1.165) is 25.8 Å². The first-order valence-electron chi connectivity index (χ1n) is 5.60. The van der Waals surface area contributed by atoms with Crippen LogP contribution >= 0.6 is 11.3 Å². The number of nitrogens with two attached hydrogens (primary N) is 1. The van der Waals surface area contributed by atoms with E-state index in [0.29, 0.717) is 10.6 Å². The summed E-state index contributed by atoms with van der Waals surface area (Å²) in [6, 6.07) is 1.46. The number of thiophene rings is 1. The lowest BCUT2D eigenvalue weighted by Crippen LogP contribution is -2.43. The van der Waals surface area contributed by atoms with E-state index >= 15 is 0 Å². The lowest BCUT2D eigenvalue weighted by atomic mass is 10.0. The van der Waals surface area contributed by atoms with Crippen LogP contribution in [0.15, 0.2) is 11.4 Å². The number of anilines is 1. The molecule has 1 aliphatic heterocycles. The fourth-order valence-corrected chi connectivity index (χ4v) is 2.67. The van der Waals surface area contributed by atoms with Crippen molar-refractivity contribution in [3.05, 3.63) is 17.0 Å². The summed E-state index contributed by atoms with van der Waals surface area (Å²) in [5.74, 6) is -0.604. The molecule has 0 saturated carbocycles. The largest absolute Gasteiger partial charge is 0.366 e. The molecule has 0 unspecified atom stereocenters. The van der Waals surface area contributed by atoms with Crippen LogP contribution in [0.3, 0.4) is 0 Å². The van der Waals surface area contributed by atoms with Crippen molar-refractivity contribution in [1.82, 2.24) is 5.32 Å². The fourth-order valence-electron chi connectivity index (χ4n) is 1.87. The molecule has 0 aromatic carbocycles. The zero-order valence-corrected chi connectivity index (χ0v) is 10.2. The predicted octanol–water partition coefficient (Wildman–Crippen LogP) is 0.928. The van der Waals surface area contributed by atoms with Gasteiger partial charge in [0.25, 0.3) is 5.91 Å². The Labute approximate surface area is 103 Å². The third kappa shape index (κ3) is 2.83. The fraction of sp³-hybridized carbons (Fsp3) is 0.455. The van der Waals surface area contributed by atoms with E-state index in [-0.39, 0.29) is 11.9 Å². The molecule has 0 spiro atoms. The van der Waals surface area contributed by atoms with E-state index in [9.17, 15) is 9.59 Å². The van der Waals surface area contributed by atoms with Gasteiger partial charge in [-0.1, -0.05) is 6.42 Å². The Morgan fingerprint density at radius 3 is 2.94 bits per heavy atom. The quantitative estimate of drug-likeness (QED) is 0.749. The Hall–Kier alpha value is -1.40. The maximum Gasteiger partial charge on any atom is 0.251 e. The summed E-state index contributed by atoms with van der Waals surface area (Å²) >= 11 is 1.31. The van der Waals surface area contributed by atoms with Crippen LogP contribution in [0.1, 0.15) is 29.6 Å². The first-order chi connectivity index (χ1) is 8.18. The van der Waals surface area contributed by atoms with Crippen LogP contribution in [0.2, 0.25) is 0 Å². The Balaban J connectivity index is 2.02. The second kappa shape index (κ2) is 5.29. The van der Waals surface area contributed by atoms with Gasteiger partial charge < -0.3 is 16.4 Å². The van der Waals surface area contributed by atoms with Gasteiger partial charge in [0.1, 0.15) is 5.00 Å². The van der Waals surface area contributed by atoms with Gasteiger partial charge in [0.05, 0.1) is 11.6 Å². The van der Waals surface area contributed by atoms with Gasteiger partial charge in [-0.3, -0.25) is 9.59 Å². The minimum absolute atomic E-state index is 0.0883. The van der Waals surface area contributed by atoms with Crippen molar-refractivity contribution < 1.29 is 9.59 Å². The first kappa shape index (κ1) is 12.1. The number of nitrogens with one attached hydrogen (secondary N) is 2. The molecule has 4 N–H and O–H groups in total. The zero-order chi connectivity index (χ0) is 12.3. The number of rotatable bonds is 3. The maximum absolute atomic E-state index is 11.9. The summed E-state index contributed by atoms with van der Waals surface area (Å²) < 4.78 is 0. The third-order valence-corrected chi connectivity index (χ3v) is 3.62. The molecule has 1 atom stereocenters. The van der Waals surface area contributed by atoms with Crippen LogP contribution in [0, 0.1) is 0 Å². The number of carbonyl (C=O) groups is 2. The van der Waals surface area contributed by atoms with Crippen LogP contribution in [-0.2, 0) is 4.79 Å². The summed E-state index contributed by atoms with van der Waals surface area (Å²) in [4.78, 5) is 23.0. The van der Waals surface area contributed by atoms with Gasteiger partial charge in [0.15, 0.2) is 0 Å². The second-order valence-corrected chi connectivity index (χ2v) is 4.94. The molecule has 0 aliphatic carbocycles. The SMILES string of the molecule is NC(=O)c1ccsc1NC(=O)[C@@H]1CCCCN1. The Kier molecular flexibility index (Phi) is 3.75. The minimum atomic E-state index is -0.516. The molecule has 1 fully saturated rings. The number of primary amides is 1. The highest BCUT2D eigenvalue weighted by Crippen LogP contribution is 2.23. The molecule has 17 heavy (non-hydrogen) atoms. The molecular formula is C11H15N3O2S. The molecule has 92 valence electrons. The first-order valence-corrected chi connectivity index (χ1v) is 6.48. The summed E-state index contributed by atoms with van der Waals surface area (Å²) in [6.07, 6.45) is 3.00. The monoisotopic (exact) mass is 253 g/mol. The Morgan fingerprint density at radius 1 is 1.47 bits per heavy atom. The average Bonchev–Trinajstić information content (AvgIpc) is 2.78. The lowest BCUT2D eigenvalue weighted by Gasteiger charge is -2.22. The minimum Gasteiger partial charge on any atom is -0.366 e. The molecule has 1 aromatic rings. The molecule has 1 aromatic heterocycles. The topological polar surface area (TPSA) is 84.2 Å². The van der Waals surface area contributed by atoms with E-state index < -0.39 is 5.91 Å². The van der Waals surface area contributed by atoms with Gasteiger partial charge in [-0.05, 0) is 30.8 Å². The maximum atomic E-state index is 11.9. The molecule has 2 heterocycles. The van der Waals surface area contributed by atoms with Gasteiger partial charge in [-0.15, -0.1) is 11.3 Å². The number of carbonyl (C=O) groups excluding carboxylic acids is 2. The van der Waals surface area contributed by atoms with Gasteiger partial charge in [-0.2, -0.15) is 0 Å². The molecule has 6 heteroatoms. The van der Waals surface area contributed by atoms with Crippen molar-refractivity contribution in [2.75, 3.05) is 11.9 Å². The predicted molar refractivity (Wildman–Crippen MR) is 67.1 cm³/mol. The number of amides is 2. The molecule has 5 nitrogen and oxygen atoms in total. The van der Waals surface area contributed by atoms with Crippen LogP contribution in [0.25, 0.3) is 0 Å². The highest BCUT2D eigenvalue weighted by Gasteiger charge is 2.22. The molecular weight excluding hydrogens is 238 g/mol. The molecule has 0 bridgehead atoms. The Bertz CT molecular complexity index is 424. The van der Waals surface area contributed by atoms with Crippen LogP contribution in [0.4, 0.5) is 5.00 Å². The zero-order valence-electron chi connectivity index (χ0n) is 9.36. The number of hydrogen-bond acceptors (Lipinski definition) is 4. The highest BCUT2D eigenvalue weighted by atomic mass is 32.1. The molecule has 2 amide bonds. The van der Waals surface area contributed by atoms with Crippen LogP contribution in [-0.4, -0.2) is 24.4 Å². The molecule has 0 radical (unpaired) electrons. The molecule has 1 saturated heterocycles. The normalized spacial score (nSPS) is 19.9. The van der Waals surface area contributed by atoms with Gasteiger partial charge >= 0.3 is 0 Å². The standard InChI is InChI=1S/C11H15N3O2S/c12-9(15)7-4-6-17-11(7)14-10(16)8-3-1-2-5-13-8/h4,6,8,13H,1-3,5H2,(H2,12,15)(H,14,16)/t8-/m0/s1. The van der Waals surface area contributed by atoms with E-state index in [1.54, 1.807) is 11.4 Å². The second-order valence-electron chi connectivity index (χ2n) is 4.02. The summed E-state index contributed by atoms with van der Waals surface area (Å²) in [5.41, 5.74) is 5.59. The van der Waals surface area contributed by atoms with Crippen LogP contribution in [0.5, 0.6) is 0 Å². The molecule has 2 rings (SSSR count). The van der Waals surface area contributed by atoms with Crippen molar-refractivity contribution >= 4 is 28.2 Å². The van der Waals surface area contributed by atoms with E-state index in [1.165, 1.54) is 11.3 Å². The van der Waals surface area contributed by atoms with Crippen molar-refractivity contribution in [2.45, 2.75) is 25.3 Å². The van der Waals surface area contributed by atoms with Crippen molar-refractivity contribution in [3.8, 4) is 0 Å². The summed E-state index contributed by atoms with van der Waals surface area (Å²) in [7, 11) is 0. The Morgan fingerprint density at radius 2 is 2.29 bits per heavy atom. The van der Waals surface area contributed by atoms with Gasteiger partial charge in [-0.25, -0.2) is 0 Å². The molecule has 1 aliphatic rings. The van der Waals surface area contributed by atoms with E-state index in [4.69, 9.17) is 5.73 Å². The smallest absolute Gasteiger partial charge is 0.251 e. The van der Waals surface area contributed by atoms with Gasteiger partial charge in [0, 0.05) is 0 Å². The average molecular weight is 253 g/mol. The summed E-state index contributed by atoms with van der Waals surface area (Å²) in [6.45, 7) is 0.866. The highest BCUT2D eigenvalue weighted by molar-refractivity contribution is 7.14. The van der Waals surface area contributed by atoms with Gasteiger partial charge in [0.2, 0.25) is 5.91 Å². The van der Waals surface area contributed by atoms with Crippen LogP contribution < -0.4 is 16.4 Å². The van der Waals surface area contributed by atoms with E-state index in [1.807, 2.05) is 0 Å². The van der Waals surface area contributed by atoms with Crippen molar-refractivity contribution in [1.29, 1.82) is 0 Å². The summed E-state index contributed by atoms with van der Waals surface area (Å²) in [5, 5.41) is 8.19. The number of piperidine rings is 1. The lowest BCUT2D eigenvalue weighted by molar-refractivity contribution is -0.118. The van der Waals surface area contributed by atoms with Crippen molar-refractivity contribution in [2.24, 2.45) is 5.73 Å². The van der Waals surface area contributed by atoms with E-state index in [2.05, 4.69) is 10.6 Å².